The van der Waals surface area contributed by atoms with Crippen LogP contribution < -0.4 is 19.1 Å². The van der Waals surface area contributed by atoms with Crippen molar-refractivity contribution in [1.29, 1.82) is 0 Å². The van der Waals surface area contributed by atoms with Gasteiger partial charge < -0.3 is 24.0 Å². The lowest BCUT2D eigenvalue weighted by Gasteiger charge is -2.36. The van der Waals surface area contributed by atoms with Crippen LogP contribution in [0.3, 0.4) is 0 Å². The van der Waals surface area contributed by atoms with Crippen molar-refractivity contribution in [2.75, 3.05) is 52.4 Å². The quantitative estimate of drug-likeness (QED) is 0.783. The van der Waals surface area contributed by atoms with Crippen molar-refractivity contribution in [3.05, 3.63) is 47.0 Å². The molecule has 0 atom stereocenters. The molecule has 2 aromatic rings. The van der Waals surface area contributed by atoms with Crippen LogP contribution in [-0.2, 0) is 0 Å². The van der Waals surface area contributed by atoms with Gasteiger partial charge in [0, 0.05) is 43.9 Å². The number of amides is 1. The molecule has 1 aliphatic rings. The minimum Gasteiger partial charge on any atom is -0.497 e. The van der Waals surface area contributed by atoms with Crippen molar-refractivity contribution in [1.82, 2.24) is 4.90 Å². The standard InChI is InChI=1S/C20H23ClN2O4/c1-25-15-6-4-14(5-7-15)20(24)23-10-8-22(9-11-23)17-13-18(26-2)16(21)12-19(17)27-3/h4-7,12-13H,8-11H2,1-3H3. The molecule has 1 fully saturated rings. The van der Waals surface area contributed by atoms with Gasteiger partial charge in [-0.15, -0.1) is 0 Å². The fourth-order valence-corrected chi connectivity index (χ4v) is 3.39. The van der Waals surface area contributed by atoms with Crippen LogP contribution in [0.5, 0.6) is 17.2 Å². The van der Waals surface area contributed by atoms with Crippen LogP contribution in [0.2, 0.25) is 5.02 Å². The number of nitrogens with zero attached hydrogens (tertiary/aromatic N) is 2. The lowest BCUT2D eigenvalue weighted by molar-refractivity contribution is 0.0746. The van der Waals surface area contributed by atoms with E-state index in [1.807, 2.05) is 11.0 Å². The smallest absolute Gasteiger partial charge is 0.253 e. The number of hydrogen-bond donors (Lipinski definition) is 0. The number of ether oxygens (including phenoxy) is 3. The summed E-state index contributed by atoms with van der Waals surface area (Å²) in [5.74, 6) is 2.05. The van der Waals surface area contributed by atoms with E-state index < -0.39 is 0 Å². The van der Waals surface area contributed by atoms with Crippen LogP contribution in [-0.4, -0.2) is 58.3 Å². The van der Waals surface area contributed by atoms with Crippen LogP contribution >= 0.6 is 11.6 Å². The second kappa shape index (κ2) is 8.39. The monoisotopic (exact) mass is 390 g/mol. The Kier molecular flexibility index (Phi) is 5.96. The fourth-order valence-electron chi connectivity index (χ4n) is 3.16. The molecule has 1 aliphatic heterocycles. The van der Waals surface area contributed by atoms with E-state index >= 15 is 0 Å². The Labute approximate surface area is 164 Å². The summed E-state index contributed by atoms with van der Waals surface area (Å²) in [6.07, 6.45) is 0. The Morgan fingerprint density at radius 1 is 0.889 bits per heavy atom. The first-order valence-corrected chi connectivity index (χ1v) is 9.05. The molecule has 6 nitrogen and oxygen atoms in total. The average molecular weight is 391 g/mol. The van der Waals surface area contributed by atoms with Crippen LogP contribution in [0.25, 0.3) is 0 Å². The maximum absolute atomic E-state index is 12.7. The van der Waals surface area contributed by atoms with E-state index in [0.29, 0.717) is 48.3 Å². The molecule has 3 rings (SSSR count). The topological polar surface area (TPSA) is 51.2 Å². The lowest BCUT2D eigenvalue weighted by Crippen LogP contribution is -2.48. The van der Waals surface area contributed by atoms with E-state index in [-0.39, 0.29) is 5.91 Å². The van der Waals surface area contributed by atoms with E-state index in [9.17, 15) is 4.79 Å². The maximum Gasteiger partial charge on any atom is 0.253 e. The molecule has 0 aliphatic carbocycles. The Morgan fingerprint density at radius 3 is 2.07 bits per heavy atom. The molecule has 0 unspecified atom stereocenters. The number of hydrogen-bond acceptors (Lipinski definition) is 5. The van der Waals surface area contributed by atoms with Crippen molar-refractivity contribution in [3.63, 3.8) is 0 Å². The Balaban J connectivity index is 1.70. The van der Waals surface area contributed by atoms with Gasteiger partial charge in [-0.25, -0.2) is 0 Å². The van der Waals surface area contributed by atoms with E-state index in [0.717, 1.165) is 11.4 Å². The Hall–Kier alpha value is -2.60. The second-order valence-electron chi connectivity index (χ2n) is 6.17. The molecule has 1 amide bonds. The zero-order chi connectivity index (χ0) is 19.4. The Morgan fingerprint density at radius 2 is 1.52 bits per heavy atom. The highest BCUT2D eigenvalue weighted by atomic mass is 35.5. The highest BCUT2D eigenvalue weighted by molar-refractivity contribution is 6.32. The number of methoxy groups -OCH3 is 3. The summed E-state index contributed by atoms with van der Waals surface area (Å²) in [7, 11) is 4.81. The average Bonchev–Trinajstić information content (AvgIpc) is 2.73. The largest absolute Gasteiger partial charge is 0.497 e. The third-order valence-electron chi connectivity index (χ3n) is 4.70. The number of halogens is 1. The molecular formula is C20H23ClN2O4. The molecule has 144 valence electrons. The first kappa shape index (κ1) is 19.2. The summed E-state index contributed by atoms with van der Waals surface area (Å²) in [6, 6.07) is 10.8. The lowest BCUT2D eigenvalue weighted by atomic mass is 10.1. The van der Waals surface area contributed by atoms with Gasteiger partial charge in [-0.2, -0.15) is 0 Å². The number of carbonyl (C=O) groups is 1. The van der Waals surface area contributed by atoms with Crippen molar-refractivity contribution < 1.29 is 19.0 Å². The summed E-state index contributed by atoms with van der Waals surface area (Å²) in [5.41, 5.74) is 1.57. The molecule has 0 radical (unpaired) electrons. The molecule has 0 saturated carbocycles. The van der Waals surface area contributed by atoms with Gasteiger partial charge in [-0.05, 0) is 24.3 Å². The van der Waals surface area contributed by atoms with Gasteiger partial charge in [0.05, 0.1) is 32.0 Å². The number of piperazine rings is 1. The summed E-state index contributed by atoms with van der Waals surface area (Å²) in [6.45, 7) is 2.64. The second-order valence-corrected chi connectivity index (χ2v) is 6.57. The third kappa shape index (κ3) is 4.06. The van der Waals surface area contributed by atoms with Gasteiger partial charge in [0.25, 0.3) is 5.91 Å². The SMILES string of the molecule is COc1ccc(C(=O)N2CCN(c3cc(OC)c(Cl)cc3OC)CC2)cc1. The zero-order valence-corrected chi connectivity index (χ0v) is 16.5. The van der Waals surface area contributed by atoms with Crippen LogP contribution in [0.4, 0.5) is 5.69 Å². The summed E-state index contributed by atoms with van der Waals surface area (Å²) in [5, 5.41) is 0.506. The highest BCUT2D eigenvalue weighted by Gasteiger charge is 2.24. The van der Waals surface area contributed by atoms with Crippen LogP contribution in [0.1, 0.15) is 10.4 Å². The van der Waals surface area contributed by atoms with Gasteiger partial charge in [0.15, 0.2) is 0 Å². The molecule has 1 saturated heterocycles. The predicted molar refractivity (Wildman–Crippen MR) is 106 cm³/mol. The molecular weight excluding hydrogens is 368 g/mol. The maximum atomic E-state index is 12.7. The molecule has 0 N–H and O–H groups in total. The first-order valence-electron chi connectivity index (χ1n) is 8.67. The van der Waals surface area contributed by atoms with Gasteiger partial charge in [-0.3, -0.25) is 4.79 Å². The molecule has 0 spiro atoms. The zero-order valence-electron chi connectivity index (χ0n) is 15.7. The summed E-state index contributed by atoms with van der Waals surface area (Å²) in [4.78, 5) is 16.8. The third-order valence-corrected chi connectivity index (χ3v) is 4.99. The predicted octanol–water partition coefficient (Wildman–Crippen LogP) is 3.33. The molecule has 7 heteroatoms. The molecule has 2 aromatic carbocycles. The number of rotatable bonds is 5. The van der Waals surface area contributed by atoms with Gasteiger partial charge >= 0.3 is 0 Å². The minimum atomic E-state index is 0.0259. The number of anilines is 1. The molecule has 0 bridgehead atoms. The first-order chi connectivity index (χ1) is 13.1. The van der Waals surface area contributed by atoms with Gasteiger partial charge in [0.2, 0.25) is 0 Å². The van der Waals surface area contributed by atoms with Gasteiger partial charge in [-0.1, -0.05) is 11.6 Å². The number of benzene rings is 2. The van der Waals surface area contributed by atoms with E-state index in [4.69, 9.17) is 25.8 Å². The highest BCUT2D eigenvalue weighted by Crippen LogP contribution is 2.38. The van der Waals surface area contributed by atoms with Crippen molar-refractivity contribution in [2.45, 2.75) is 0 Å². The molecule has 0 aromatic heterocycles. The van der Waals surface area contributed by atoms with Crippen LogP contribution in [0, 0.1) is 0 Å². The normalized spacial score (nSPS) is 14.1. The van der Waals surface area contributed by atoms with Crippen molar-refractivity contribution in [3.8, 4) is 17.2 Å². The molecule has 27 heavy (non-hydrogen) atoms. The summed E-state index contributed by atoms with van der Waals surface area (Å²) < 4.78 is 15.9. The van der Waals surface area contributed by atoms with E-state index in [1.165, 1.54) is 0 Å². The molecule has 1 heterocycles. The Bertz CT molecular complexity index is 802. The van der Waals surface area contributed by atoms with Crippen LogP contribution in [0.15, 0.2) is 36.4 Å². The number of carbonyl (C=O) groups excluding carboxylic acids is 1. The van der Waals surface area contributed by atoms with Crippen molar-refractivity contribution in [2.24, 2.45) is 0 Å². The van der Waals surface area contributed by atoms with Crippen molar-refractivity contribution >= 4 is 23.2 Å². The summed E-state index contributed by atoms with van der Waals surface area (Å²) >= 11 is 6.19. The minimum absolute atomic E-state index is 0.0259. The van der Waals surface area contributed by atoms with Gasteiger partial charge in [0.1, 0.15) is 17.2 Å². The van der Waals surface area contributed by atoms with E-state index in [1.54, 1.807) is 51.7 Å². The van der Waals surface area contributed by atoms with E-state index in [2.05, 4.69) is 4.90 Å². The fraction of sp³-hybridized carbons (Fsp3) is 0.350.